The molecule has 0 amide bonds. The minimum atomic E-state index is -0.192. The van der Waals surface area contributed by atoms with Crippen molar-refractivity contribution in [1.29, 1.82) is 0 Å². The van der Waals surface area contributed by atoms with Gasteiger partial charge < -0.3 is 5.73 Å². The molecule has 15 heavy (non-hydrogen) atoms. The summed E-state index contributed by atoms with van der Waals surface area (Å²) in [4.78, 5) is 11.5. The molecule has 0 aliphatic carbocycles. The Hall–Kier alpha value is -1.59. The molecule has 1 aromatic rings. The number of Topliss-reactive ketones (excluding diaryl/α,β-unsaturated/α-hetero) is 1. The first-order valence-corrected chi connectivity index (χ1v) is 5.10. The van der Waals surface area contributed by atoms with Crippen LogP contribution in [0.3, 0.4) is 0 Å². The van der Waals surface area contributed by atoms with Gasteiger partial charge in [-0.2, -0.15) is 0 Å². The minimum absolute atomic E-state index is 0.165. The normalized spacial score (nSPS) is 11.3. The predicted octanol–water partition coefficient (Wildman–Crippen LogP) is 2.00. The molecule has 2 heteroatoms. The van der Waals surface area contributed by atoms with Gasteiger partial charge in [0.2, 0.25) is 5.78 Å². The van der Waals surface area contributed by atoms with Gasteiger partial charge in [-0.05, 0) is 12.3 Å². The van der Waals surface area contributed by atoms with Crippen molar-refractivity contribution in [3.05, 3.63) is 35.9 Å². The van der Waals surface area contributed by atoms with E-state index in [0.717, 1.165) is 12.8 Å². The third kappa shape index (κ3) is 3.97. The Morgan fingerprint density at radius 2 is 2.07 bits per heavy atom. The van der Waals surface area contributed by atoms with E-state index in [9.17, 15) is 4.79 Å². The number of carbonyl (C=O) groups is 1. The molecule has 0 spiro atoms. The van der Waals surface area contributed by atoms with E-state index in [1.807, 2.05) is 25.1 Å². The summed E-state index contributed by atoms with van der Waals surface area (Å²) in [7, 11) is 0. The maximum Gasteiger partial charge on any atom is 0.235 e. The average molecular weight is 201 g/mol. The Labute approximate surface area is 90.5 Å². The topological polar surface area (TPSA) is 43.1 Å². The van der Waals surface area contributed by atoms with E-state index < -0.39 is 0 Å². The largest absolute Gasteiger partial charge is 0.318 e. The highest BCUT2D eigenvalue weighted by Crippen LogP contribution is 1.99. The second-order valence-electron chi connectivity index (χ2n) is 3.36. The number of nitrogens with two attached hydrogens (primary N) is 1. The first kappa shape index (κ1) is 11.5. The molecule has 0 saturated heterocycles. The smallest absolute Gasteiger partial charge is 0.235 e. The molecular formula is C13H15NO. The highest BCUT2D eigenvalue weighted by Gasteiger charge is 2.00. The van der Waals surface area contributed by atoms with Gasteiger partial charge >= 0.3 is 0 Å². The zero-order valence-corrected chi connectivity index (χ0v) is 8.86. The van der Waals surface area contributed by atoms with Crippen LogP contribution in [0.15, 0.2) is 30.3 Å². The summed E-state index contributed by atoms with van der Waals surface area (Å²) < 4.78 is 0. The molecule has 0 bridgehead atoms. The molecule has 1 atom stereocenters. The maximum absolute atomic E-state index is 11.5. The van der Waals surface area contributed by atoms with Crippen LogP contribution in [0, 0.1) is 11.8 Å². The first-order valence-electron chi connectivity index (χ1n) is 5.10. The number of hydrogen-bond acceptors (Lipinski definition) is 2. The molecule has 0 saturated carbocycles. The van der Waals surface area contributed by atoms with Gasteiger partial charge in [-0.25, -0.2) is 0 Å². The summed E-state index contributed by atoms with van der Waals surface area (Å²) in [6.07, 6.45) is 1.81. The zero-order valence-electron chi connectivity index (χ0n) is 8.86. The monoisotopic (exact) mass is 201 g/mol. The average Bonchev–Trinajstić information content (AvgIpc) is 2.27. The molecule has 0 aromatic heterocycles. The van der Waals surface area contributed by atoms with Gasteiger partial charge in [0, 0.05) is 5.56 Å². The number of benzene rings is 1. The quantitative estimate of drug-likeness (QED) is 0.462. The number of carbonyl (C=O) groups excluding carboxylic acids is 1. The second kappa shape index (κ2) is 6.00. The van der Waals surface area contributed by atoms with Crippen LogP contribution in [0.4, 0.5) is 0 Å². The molecule has 1 unspecified atom stereocenters. The van der Waals surface area contributed by atoms with Crippen molar-refractivity contribution < 1.29 is 4.79 Å². The first-order chi connectivity index (χ1) is 7.24. The van der Waals surface area contributed by atoms with E-state index in [2.05, 4.69) is 11.8 Å². The van der Waals surface area contributed by atoms with Gasteiger partial charge in [0.05, 0.1) is 6.04 Å². The van der Waals surface area contributed by atoms with Crippen LogP contribution in [-0.2, 0) is 0 Å². The highest BCUT2D eigenvalue weighted by molar-refractivity contribution is 6.08. The molecule has 0 heterocycles. The molecule has 2 nitrogen and oxygen atoms in total. The van der Waals surface area contributed by atoms with Gasteiger partial charge in [0.15, 0.2) is 0 Å². The third-order valence-electron chi connectivity index (χ3n) is 2.01. The fraction of sp³-hybridized carbons (Fsp3) is 0.308. The summed E-state index contributed by atoms with van der Waals surface area (Å²) in [5.41, 5.74) is 6.30. The predicted molar refractivity (Wildman–Crippen MR) is 61.4 cm³/mol. The summed E-state index contributed by atoms with van der Waals surface area (Å²) >= 11 is 0. The molecule has 2 N–H and O–H groups in total. The standard InChI is InChI=1S/C13H15NO/c1-2-6-12(14)9-10-13(15)11-7-4-3-5-8-11/h3-5,7-8,12H,2,6,14H2,1H3. The number of hydrogen-bond donors (Lipinski definition) is 1. The van der Waals surface area contributed by atoms with Gasteiger partial charge in [-0.3, -0.25) is 4.79 Å². The lowest BCUT2D eigenvalue weighted by Gasteiger charge is -1.98. The maximum atomic E-state index is 11.5. The molecule has 0 aliphatic heterocycles. The van der Waals surface area contributed by atoms with Crippen molar-refractivity contribution in [2.45, 2.75) is 25.8 Å². The Morgan fingerprint density at radius 3 is 2.67 bits per heavy atom. The van der Waals surface area contributed by atoms with Crippen LogP contribution >= 0.6 is 0 Å². The molecular weight excluding hydrogens is 186 g/mol. The van der Waals surface area contributed by atoms with Gasteiger partial charge in [0.1, 0.15) is 0 Å². The molecule has 1 aromatic carbocycles. The summed E-state index contributed by atoms with van der Waals surface area (Å²) in [5, 5.41) is 0. The van der Waals surface area contributed by atoms with Gasteiger partial charge in [-0.15, -0.1) is 0 Å². The SMILES string of the molecule is CCCC(N)C#CC(=O)c1ccccc1. The van der Waals surface area contributed by atoms with E-state index in [0.29, 0.717) is 5.56 Å². The lowest BCUT2D eigenvalue weighted by Crippen LogP contribution is -2.17. The van der Waals surface area contributed by atoms with Crippen molar-refractivity contribution in [1.82, 2.24) is 0 Å². The van der Waals surface area contributed by atoms with Gasteiger partial charge in [0.25, 0.3) is 0 Å². The third-order valence-corrected chi connectivity index (χ3v) is 2.01. The number of ketones is 1. The molecule has 78 valence electrons. The molecule has 1 rings (SSSR count). The molecule has 0 aliphatic rings. The second-order valence-corrected chi connectivity index (χ2v) is 3.36. The van der Waals surface area contributed by atoms with E-state index >= 15 is 0 Å². The van der Waals surface area contributed by atoms with Crippen molar-refractivity contribution in [3.63, 3.8) is 0 Å². The van der Waals surface area contributed by atoms with Crippen LogP contribution in [0.25, 0.3) is 0 Å². The van der Waals surface area contributed by atoms with E-state index in [4.69, 9.17) is 5.73 Å². The van der Waals surface area contributed by atoms with Crippen LogP contribution in [-0.4, -0.2) is 11.8 Å². The Balaban J connectivity index is 2.63. The van der Waals surface area contributed by atoms with Crippen LogP contribution in [0.1, 0.15) is 30.1 Å². The van der Waals surface area contributed by atoms with Crippen LogP contribution in [0.2, 0.25) is 0 Å². The summed E-state index contributed by atoms with van der Waals surface area (Å²) in [5.74, 6) is 5.16. The fourth-order valence-electron chi connectivity index (χ4n) is 1.20. The van der Waals surface area contributed by atoms with E-state index in [-0.39, 0.29) is 11.8 Å². The number of rotatable bonds is 3. The van der Waals surface area contributed by atoms with Crippen molar-refractivity contribution >= 4 is 5.78 Å². The van der Waals surface area contributed by atoms with Crippen molar-refractivity contribution in [3.8, 4) is 11.8 Å². The lowest BCUT2D eigenvalue weighted by atomic mass is 10.1. The summed E-state index contributed by atoms with van der Waals surface area (Å²) in [6.45, 7) is 2.04. The van der Waals surface area contributed by atoms with Crippen LogP contribution in [0.5, 0.6) is 0 Å². The molecule has 0 fully saturated rings. The Bertz CT molecular complexity index is 373. The molecule has 0 radical (unpaired) electrons. The minimum Gasteiger partial charge on any atom is -0.318 e. The lowest BCUT2D eigenvalue weighted by molar-refractivity contribution is 0.105. The van der Waals surface area contributed by atoms with Crippen molar-refractivity contribution in [2.24, 2.45) is 5.73 Å². The fourth-order valence-corrected chi connectivity index (χ4v) is 1.20. The van der Waals surface area contributed by atoms with Crippen LogP contribution < -0.4 is 5.73 Å². The van der Waals surface area contributed by atoms with E-state index in [1.165, 1.54) is 0 Å². The van der Waals surface area contributed by atoms with Crippen molar-refractivity contribution in [2.75, 3.05) is 0 Å². The highest BCUT2D eigenvalue weighted by atomic mass is 16.1. The Morgan fingerprint density at radius 1 is 1.40 bits per heavy atom. The van der Waals surface area contributed by atoms with Gasteiger partial charge in [-0.1, -0.05) is 49.6 Å². The zero-order chi connectivity index (χ0) is 11.1. The van der Waals surface area contributed by atoms with E-state index in [1.54, 1.807) is 12.1 Å². The Kier molecular flexibility index (Phi) is 4.59. The summed E-state index contributed by atoms with van der Waals surface area (Å²) in [6, 6.07) is 8.82.